The van der Waals surface area contributed by atoms with E-state index >= 15 is 0 Å². The van der Waals surface area contributed by atoms with Gasteiger partial charge in [0.15, 0.2) is 5.78 Å². The van der Waals surface area contributed by atoms with Crippen LogP contribution >= 0.6 is 8.38 Å². The second kappa shape index (κ2) is 5.40. The maximum atomic E-state index is 11.8. The zero-order valence-corrected chi connectivity index (χ0v) is 9.47. The average Bonchev–Trinajstić information content (AvgIpc) is 2.71. The number of carbonyl (C=O) groups is 1. The molecule has 0 aromatic rings. The first-order chi connectivity index (χ1) is 6.70. The van der Waals surface area contributed by atoms with Gasteiger partial charge in [-0.1, -0.05) is 12.7 Å². The van der Waals surface area contributed by atoms with E-state index in [2.05, 4.69) is 6.58 Å². The molecule has 78 valence electrons. The van der Waals surface area contributed by atoms with Crippen molar-refractivity contribution in [3.8, 4) is 0 Å². The topological polar surface area (TPSA) is 35.5 Å². The molecule has 0 spiro atoms. The van der Waals surface area contributed by atoms with Crippen molar-refractivity contribution in [2.45, 2.75) is 19.3 Å². The van der Waals surface area contributed by atoms with Crippen molar-refractivity contribution in [1.82, 2.24) is 0 Å². The predicted octanol–water partition coefficient (Wildman–Crippen LogP) is 2.78. The second-order valence-corrected chi connectivity index (χ2v) is 4.80. The number of Topliss-reactive ketones (excluding diaryl/α,β-unsaturated/α-hetero) is 1. The molecule has 0 amide bonds. The summed E-state index contributed by atoms with van der Waals surface area (Å²) in [5, 5.41) is 0.443. The molecule has 3 nitrogen and oxygen atoms in total. The van der Waals surface area contributed by atoms with Crippen LogP contribution in [-0.4, -0.2) is 20.0 Å². The zero-order chi connectivity index (χ0) is 10.6. The Bertz CT molecular complexity index is 267. The zero-order valence-electron chi connectivity index (χ0n) is 8.58. The molecule has 0 saturated carbocycles. The highest BCUT2D eigenvalue weighted by Crippen LogP contribution is 2.46. The van der Waals surface area contributed by atoms with Gasteiger partial charge in [0.05, 0.1) is 5.31 Å². The Hall–Kier alpha value is -0.500. The molecule has 14 heavy (non-hydrogen) atoms. The molecule has 1 aliphatic rings. The molecule has 0 heterocycles. The molecule has 0 aliphatic heterocycles. The monoisotopic (exact) mass is 214 g/mol. The number of allylic oxidation sites excluding steroid dienone is 3. The molecule has 4 heteroatoms. The minimum Gasteiger partial charge on any atom is -0.334 e. The van der Waals surface area contributed by atoms with E-state index in [1.165, 1.54) is 14.2 Å². The predicted molar refractivity (Wildman–Crippen MR) is 57.0 cm³/mol. The Morgan fingerprint density at radius 3 is 2.57 bits per heavy atom. The second-order valence-electron chi connectivity index (χ2n) is 3.02. The highest BCUT2D eigenvalue weighted by molar-refractivity contribution is 7.53. The Labute approximate surface area is 85.7 Å². The van der Waals surface area contributed by atoms with Gasteiger partial charge in [-0.15, -0.1) is 0 Å². The summed E-state index contributed by atoms with van der Waals surface area (Å²) >= 11 is 0. The molecule has 1 aliphatic carbocycles. The van der Waals surface area contributed by atoms with Crippen molar-refractivity contribution >= 4 is 14.2 Å². The summed E-state index contributed by atoms with van der Waals surface area (Å²) in [6, 6.07) is 0. The van der Waals surface area contributed by atoms with Gasteiger partial charge in [-0.3, -0.25) is 4.79 Å². The fourth-order valence-corrected chi connectivity index (χ4v) is 2.34. The molecule has 0 atom stereocenters. The summed E-state index contributed by atoms with van der Waals surface area (Å²) in [5.74, 6) is -0.00249. The van der Waals surface area contributed by atoms with Crippen LogP contribution in [0.4, 0.5) is 0 Å². The van der Waals surface area contributed by atoms with Crippen molar-refractivity contribution < 1.29 is 13.8 Å². The third-order valence-corrected chi connectivity index (χ3v) is 3.45. The Morgan fingerprint density at radius 1 is 1.50 bits per heavy atom. The quantitative estimate of drug-likeness (QED) is 0.521. The SMILES string of the molecule is C=C(C(=O)C1=CCCC1)P(OC)OC. The fraction of sp³-hybridized carbons (Fsp3) is 0.500. The molecule has 0 N–H and O–H groups in total. The number of hydrogen-bond donors (Lipinski definition) is 0. The highest BCUT2D eigenvalue weighted by Gasteiger charge is 2.23. The molecular formula is C10H15O3P. The largest absolute Gasteiger partial charge is 0.334 e. The number of carbonyl (C=O) groups excluding carboxylic acids is 1. The summed E-state index contributed by atoms with van der Waals surface area (Å²) in [4.78, 5) is 11.8. The van der Waals surface area contributed by atoms with Gasteiger partial charge in [-0.2, -0.15) is 0 Å². The molecule has 0 aromatic heterocycles. The Kier molecular flexibility index (Phi) is 4.46. The van der Waals surface area contributed by atoms with Gasteiger partial charge < -0.3 is 9.05 Å². The van der Waals surface area contributed by atoms with Crippen LogP contribution in [0.5, 0.6) is 0 Å². The maximum Gasteiger partial charge on any atom is 0.208 e. The first-order valence-electron chi connectivity index (χ1n) is 4.51. The molecule has 0 bridgehead atoms. The highest BCUT2D eigenvalue weighted by atomic mass is 31.2. The average molecular weight is 214 g/mol. The van der Waals surface area contributed by atoms with Crippen LogP contribution in [0.2, 0.25) is 0 Å². The van der Waals surface area contributed by atoms with E-state index in [4.69, 9.17) is 9.05 Å². The summed E-state index contributed by atoms with van der Waals surface area (Å²) in [7, 11) is 1.79. The summed E-state index contributed by atoms with van der Waals surface area (Å²) < 4.78 is 10.1. The Balaban J connectivity index is 2.64. The van der Waals surface area contributed by atoms with E-state index in [0.29, 0.717) is 5.31 Å². The maximum absolute atomic E-state index is 11.8. The van der Waals surface area contributed by atoms with Gasteiger partial charge in [0, 0.05) is 14.2 Å². The summed E-state index contributed by atoms with van der Waals surface area (Å²) in [5.41, 5.74) is 0.858. The third-order valence-electron chi connectivity index (χ3n) is 2.15. The number of hydrogen-bond acceptors (Lipinski definition) is 3. The molecule has 0 aromatic carbocycles. The van der Waals surface area contributed by atoms with Crippen LogP contribution in [0.25, 0.3) is 0 Å². The van der Waals surface area contributed by atoms with E-state index in [1.807, 2.05) is 6.08 Å². The third kappa shape index (κ3) is 2.50. The van der Waals surface area contributed by atoms with Gasteiger partial charge in [-0.05, 0) is 24.8 Å². The van der Waals surface area contributed by atoms with Crippen LogP contribution in [0.15, 0.2) is 23.5 Å². The lowest BCUT2D eigenvalue weighted by Gasteiger charge is -2.13. The lowest BCUT2D eigenvalue weighted by molar-refractivity contribution is -0.111. The first kappa shape index (κ1) is 11.6. The molecule has 0 radical (unpaired) electrons. The van der Waals surface area contributed by atoms with Crippen LogP contribution in [0.1, 0.15) is 19.3 Å². The van der Waals surface area contributed by atoms with E-state index < -0.39 is 8.38 Å². The van der Waals surface area contributed by atoms with Gasteiger partial charge in [0.25, 0.3) is 0 Å². The fourth-order valence-electron chi connectivity index (χ4n) is 1.44. The molecule has 1 rings (SSSR count). The smallest absolute Gasteiger partial charge is 0.208 e. The summed E-state index contributed by atoms with van der Waals surface area (Å²) in [6.45, 7) is 3.73. The molecular weight excluding hydrogens is 199 g/mol. The summed E-state index contributed by atoms with van der Waals surface area (Å²) in [6.07, 6.45) is 4.89. The first-order valence-corrected chi connectivity index (χ1v) is 5.69. The van der Waals surface area contributed by atoms with Crippen LogP contribution in [0.3, 0.4) is 0 Å². The van der Waals surface area contributed by atoms with E-state index in [0.717, 1.165) is 24.8 Å². The standard InChI is InChI=1S/C10H15O3P/c1-8(14(12-2)13-3)10(11)9-6-4-5-7-9/h6H,1,4-5,7H2,2-3H3. The van der Waals surface area contributed by atoms with E-state index in [9.17, 15) is 4.79 Å². The minimum atomic E-state index is -1.26. The van der Waals surface area contributed by atoms with Crippen molar-refractivity contribution in [3.63, 3.8) is 0 Å². The Morgan fingerprint density at radius 2 is 2.14 bits per heavy atom. The van der Waals surface area contributed by atoms with Crippen molar-refractivity contribution in [3.05, 3.63) is 23.5 Å². The number of rotatable bonds is 5. The van der Waals surface area contributed by atoms with Crippen molar-refractivity contribution in [1.29, 1.82) is 0 Å². The van der Waals surface area contributed by atoms with Gasteiger partial charge in [0.1, 0.15) is 0 Å². The lowest BCUT2D eigenvalue weighted by Crippen LogP contribution is -2.04. The minimum absolute atomic E-state index is 0.00249. The van der Waals surface area contributed by atoms with Crippen molar-refractivity contribution in [2.24, 2.45) is 0 Å². The van der Waals surface area contributed by atoms with Crippen LogP contribution in [-0.2, 0) is 13.8 Å². The van der Waals surface area contributed by atoms with Gasteiger partial charge in [-0.25, -0.2) is 0 Å². The van der Waals surface area contributed by atoms with Crippen LogP contribution < -0.4 is 0 Å². The van der Waals surface area contributed by atoms with E-state index in [1.54, 1.807) is 0 Å². The van der Waals surface area contributed by atoms with E-state index in [-0.39, 0.29) is 5.78 Å². The molecule has 0 unspecified atom stereocenters. The van der Waals surface area contributed by atoms with Gasteiger partial charge in [0.2, 0.25) is 8.38 Å². The molecule has 0 fully saturated rings. The lowest BCUT2D eigenvalue weighted by atomic mass is 10.1. The normalized spacial score (nSPS) is 15.8. The van der Waals surface area contributed by atoms with Gasteiger partial charge >= 0.3 is 0 Å². The van der Waals surface area contributed by atoms with Crippen LogP contribution in [0, 0.1) is 0 Å². The number of ketones is 1. The van der Waals surface area contributed by atoms with Crippen molar-refractivity contribution in [2.75, 3.05) is 14.2 Å². The molecule has 0 saturated heterocycles.